The van der Waals surface area contributed by atoms with Crippen molar-refractivity contribution in [2.24, 2.45) is 5.41 Å². The fraction of sp³-hybridized carbons (Fsp3) is 0.833. The Balaban J connectivity index is 2.69. The molecule has 1 rings (SSSR count). The Morgan fingerprint density at radius 3 is 2.39 bits per heavy atom. The van der Waals surface area contributed by atoms with Gasteiger partial charge in [-0.05, 0) is 12.3 Å². The third-order valence-electron chi connectivity index (χ3n) is 3.46. The van der Waals surface area contributed by atoms with Crippen LogP contribution >= 0.6 is 0 Å². The fourth-order valence-electron chi connectivity index (χ4n) is 1.76. The third kappa shape index (κ3) is 3.35. The van der Waals surface area contributed by atoms with Crippen LogP contribution in [-0.2, 0) is 4.79 Å². The van der Waals surface area contributed by atoms with Crippen molar-refractivity contribution in [1.82, 2.24) is 10.2 Å². The molecule has 0 saturated carbocycles. The number of β-amino-alcohol motifs (C(OH)–C–C–N with tert-alkyl or cyclic N) is 1. The minimum atomic E-state index is -1.08. The van der Waals surface area contributed by atoms with Gasteiger partial charge in [0, 0.05) is 19.0 Å². The number of aliphatic hydroxyl groups is 1. The van der Waals surface area contributed by atoms with Crippen LogP contribution < -0.4 is 5.32 Å². The van der Waals surface area contributed by atoms with Crippen molar-refractivity contribution in [2.75, 3.05) is 6.54 Å². The van der Waals surface area contributed by atoms with E-state index < -0.39 is 24.1 Å². The number of urea groups is 1. The van der Waals surface area contributed by atoms with Gasteiger partial charge in [0.1, 0.15) is 6.04 Å². The first-order valence-electron chi connectivity index (χ1n) is 6.11. The SMILES string of the molecule is CC(NC(=O)N1C[C@@H](O)C[C@H]1C(=O)O)C(C)(C)C. The Hall–Kier alpha value is -1.30. The van der Waals surface area contributed by atoms with Crippen molar-refractivity contribution in [3.05, 3.63) is 0 Å². The van der Waals surface area contributed by atoms with Gasteiger partial charge in [0.2, 0.25) is 0 Å². The zero-order valence-electron chi connectivity index (χ0n) is 11.3. The van der Waals surface area contributed by atoms with E-state index in [1.54, 1.807) is 0 Å². The minimum Gasteiger partial charge on any atom is -0.480 e. The van der Waals surface area contributed by atoms with Crippen LogP contribution in [0.2, 0.25) is 0 Å². The zero-order chi connectivity index (χ0) is 14.1. The molecule has 3 N–H and O–H groups in total. The fourth-order valence-corrected chi connectivity index (χ4v) is 1.76. The summed E-state index contributed by atoms with van der Waals surface area (Å²) in [5.41, 5.74) is -0.104. The number of likely N-dealkylation sites (tertiary alicyclic amines) is 1. The number of hydrogen-bond donors (Lipinski definition) is 3. The Kier molecular flexibility index (Phi) is 4.21. The molecule has 104 valence electrons. The van der Waals surface area contributed by atoms with E-state index in [0.29, 0.717) is 0 Å². The first kappa shape index (κ1) is 14.8. The molecule has 6 nitrogen and oxygen atoms in total. The summed E-state index contributed by atoms with van der Waals surface area (Å²) in [7, 11) is 0. The number of nitrogens with one attached hydrogen (secondary N) is 1. The monoisotopic (exact) mass is 258 g/mol. The molecule has 1 unspecified atom stereocenters. The Bertz CT molecular complexity index is 337. The van der Waals surface area contributed by atoms with Gasteiger partial charge >= 0.3 is 12.0 Å². The lowest BCUT2D eigenvalue weighted by molar-refractivity contribution is -0.141. The second kappa shape index (κ2) is 5.14. The number of rotatable bonds is 2. The number of aliphatic carboxylic acids is 1. The average molecular weight is 258 g/mol. The average Bonchev–Trinajstić information content (AvgIpc) is 2.58. The third-order valence-corrected chi connectivity index (χ3v) is 3.46. The predicted octanol–water partition coefficient (Wildman–Crippen LogP) is 0.650. The Morgan fingerprint density at radius 1 is 1.39 bits per heavy atom. The number of nitrogens with zero attached hydrogens (tertiary/aromatic N) is 1. The molecule has 1 fully saturated rings. The highest BCUT2D eigenvalue weighted by Gasteiger charge is 2.39. The molecule has 0 aromatic carbocycles. The number of carbonyl (C=O) groups is 2. The lowest BCUT2D eigenvalue weighted by Crippen LogP contribution is -2.51. The molecule has 6 heteroatoms. The molecular weight excluding hydrogens is 236 g/mol. The number of hydrogen-bond acceptors (Lipinski definition) is 3. The quantitative estimate of drug-likeness (QED) is 0.678. The molecule has 0 spiro atoms. The summed E-state index contributed by atoms with van der Waals surface area (Å²) in [6, 6.07) is -1.45. The maximum absolute atomic E-state index is 12.0. The van der Waals surface area contributed by atoms with Crippen LogP contribution in [0.5, 0.6) is 0 Å². The topological polar surface area (TPSA) is 89.9 Å². The number of carboxylic acids is 1. The predicted molar refractivity (Wildman–Crippen MR) is 66.2 cm³/mol. The maximum Gasteiger partial charge on any atom is 0.326 e. The van der Waals surface area contributed by atoms with Gasteiger partial charge in [0.25, 0.3) is 0 Å². The smallest absolute Gasteiger partial charge is 0.326 e. The highest BCUT2D eigenvalue weighted by Crippen LogP contribution is 2.21. The number of amides is 2. The van der Waals surface area contributed by atoms with E-state index >= 15 is 0 Å². The van der Waals surface area contributed by atoms with Crippen LogP contribution in [0.4, 0.5) is 4.79 Å². The summed E-state index contributed by atoms with van der Waals surface area (Å²) < 4.78 is 0. The van der Waals surface area contributed by atoms with E-state index in [0.717, 1.165) is 0 Å². The van der Waals surface area contributed by atoms with Crippen LogP contribution in [0.3, 0.4) is 0 Å². The van der Waals surface area contributed by atoms with E-state index in [-0.39, 0.29) is 24.4 Å². The van der Waals surface area contributed by atoms with Crippen LogP contribution in [0, 0.1) is 5.41 Å². The van der Waals surface area contributed by atoms with Crippen molar-refractivity contribution >= 4 is 12.0 Å². The minimum absolute atomic E-state index is 0.0691. The van der Waals surface area contributed by atoms with Gasteiger partial charge in [-0.25, -0.2) is 9.59 Å². The van der Waals surface area contributed by atoms with Gasteiger partial charge < -0.3 is 20.4 Å². The summed E-state index contributed by atoms with van der Waals surface area (Å²) in [5.74, 6) is -1.08. The molecule has 0 bridgehead atoms. The largest absolute Gasteiger partial charge is 0.480 e. The summed E-state index contributed by atoms with van der Waals surface area (Å²) >= 11 is 0. The van der Waals surface area contributed by atoms with Crippen LogP contribution in [0.25, 0.3) is 0 Å². The highest BCUT2D eigenvalue weighted by molar-refractivity contribution is 5.83. The second-order valence-electron chi connectivity index (χ2n) is 5.93. The lowest BCUT2D eigenvalue weighted by atomic mass is 9.88. The Labute approximate surface area is 107 Å². The molecule has 0 aromatic rings. The summed E-state index contributed by atoms with van der Waals surface area (Å²) in [5, 5.41) is 21.3. The molecule has 0 aromatic heterocycles. The van der Waals surface area contributed by atoms with Gasteiger partial charge in [-0.3, -0.25) is 0 Å². The van der Waals surface area contributed by atoms with Crippen molar-refractivity contribution < 1.29 is 19.8 Å². The number of aliphatic hydroxyl groups excluding tert-OH is 1. The summed E-state index contributed by atoms with van der Waals surface area (Å²) in [6.07, 6.45) is -0.672. The second-order valence-corrected chi connectivity index (χ2v) is 5.93. The van der Waals surface area contributed by atoms with Gasteiger partial charge in [-0.15, -0.1) is 0 Å². The molecule has 2 amide bonds. The lowest BCUT2D eigenvalue weighted by Gasteiger charge is -2.31. The summed E-state index contributed by atoms with van der Waals surface area (Å²) in [4.78, 5) is 24.2. The van der Waals surface area contributed by atoms with Gasteiger partial charge in [-0.1, -0.05) is 20.8 Å². The van der Waals surface area contributed by atoms with Gasteiger partial charge in [0.05, 0.1) is 6.10 Å². The van der Waals surface area contributed by atoms with Crippen molar-refractivity contribution in [1.29, 1.82) is 0 Å². The maximum atomic E-state index is 12.0. The zero-order valence-corrected chi connectivity index (χ0v) is 11.3. The molecule has 1 aliphatic heterocycles. The van der Waals surface area contributed by atoms with Crippen LogP contribution in [0.1, 0.15) is 34.1 Å². The van der Waals surface area contributed by atoms with Crippen molar-refractivity contribution in [2.45, 2.75) is 52.3 Å². The van der Waals surface area contributed by atoms with E-state index in [9.17, 15) is 14.7 Å². The first-order chi connectivity index (χ1) is 8.12. The Morgan fingerprint density at radius 2 is 1.94 bits per heavy atom. The molecule has 1 aliphatic rings. The van der Waals surface area contributed by atoms with Crippen LogP contribution in [0.15, 0.2) is 0 Å². The summed E-state index contributed by atoms with van der Waals surface area (Å²) in [6.45, 7) is 7.92. The number of carboxylic acid groups (broad SMARTS) is 1. The van der Waals surface area contributed by atoms with E-state index in [1.165, 1.54) is 4.90 Å². The normalized spacial score (nSPS) is 25.9. The van der Waals surface area contributed by atoms with Gasteiger partial charge in [0.15, 0.2) is 0 Å². The molecular formula is C12H22N2O4. The van der Waals surface area contributed by atoms with E-state index in [1.807, 2.05) is 27.7 Å². The molecule has 1 heterocycles. The molecule has 3 atom stereocenters. The molecule has 1 saturated heterocycles. The van der Waals surface area contributed by atoms with E-state index in [2.05, 4.69) is 5.32 Å². The van der Waals surface area contributed by atoms with Gasteiger partial charge in [-0.2, -0.15) is 0 Å². The van der Waals surface area contributed by atoms with Crippen LogP contribution in [-0.4, -0.2) is 51.8 Å². The molecule has 18 heavy (non-hydrogen) atoms. The van der Waals surface area contributed by atoms with Crippen molar-refractivity contribution in [3.63, 3.8) is 0 Å². The number of carbonyl (C=O) groups excluding carboxylic acids is 1. The van der Waals surface area contributed by atoms with Crippen molar-refractivity contribution in [3.8, 4) is 0 Å². The molecule has 0 radical (unpaired) electrons. The first-order valence-corrected chi connectivity index (χ1v) is 6.11. The van der Waals surface area contributed by atoms with E-state index in [4.69, 9.17) is 5.11 Å². The standard InChI is InChI=1S/C12H22N2O4/c1-7(12(2,3)4)13-11(18)14-6-8(15)5-9(14)10(16)17/h7-9,15H,5-6H2,1-4H3,(H,13,18)(H,16,17)/t7?,8-,9-/m0/s1. The highest BCUT2D eigenvalue weighted by atomic mass is 16.4. The molecule has 0 aliphatic carbocycles.